The molecule has 0 bridgehead atoms. The van der Waals surface area contributed by atoms with Crippen LogP contribution in [0.4, 0.5) is 0 Å². The van der Waals surface area contributed by atoms with Crippen molar-refractivity contribution < 1.29 is 24.5 Å². The number of hydrogen-bond acceptors (Lipinski definition) is 5. The van der Waals surface area contributed by atoms with Gasteiger partial charge in [0, 0.05) is 30.1 Å². The smallest absolute Gasteiger partial charge is 0.247 e. The molecule has 0 aromatic heterocycles. The lowest BCUT2D eigenvalue weighted by atomic mass is 9.76. The van der Waals surface area contributed by atoms with Gasteiger partial charge in [0.2, 0.25) is 11.8 Å². The van der Waals surface area contributed by atoms with Gasteiger partial charge in [0.05, 0.1) is 18.6 Å². The fraction of sp³-hybridized carbons (Fsp3) is 0.583. The van der Waals surface area contributed by atoms with E-state index in [1.807, 2.05) is 29.2 Å². The van der Waals surface area contributed by atoms with E-state index in [0.717, 1.165) is 37.7 Å². The molecule has 2 saturated carbocycles. The van der Waals surface area contributed by atoms with Crippen LogP contribution in [0.3, 0.4) is 0 Å². The predicted molar refractivity (Wildman–Crippen MR) is 113 cm³/mol. The molecule has 1 aromatic carbocycles. The number of carbonyl (C=O) groups excluding carboxylic acids is 2. The third kappa shape index (κ3) is 3.74. The van der Waals surface area contributed by atoms with Crippen LogP contribution in [0.5, 0.6) is 5.75 Å². The van der Waals surface area contributed by atoms with Gasteiger partial charge in [-0.1, -0.05) is 24.6 Å². The van der Waals surface area contributed by atoms with Gasteiger partial charge in [0.25, 0.3) is 0 Å². The minimum absolute atomic E-state index is 0.0189. The summed E-state index contributed by atoms with van der Waals surface area (Å²) in [6, 6.07) is 6.93. The van der Waals surface area contributed by atoms with E-state index in [0.29, 0.717) is 23.8 Å². The van der Waals surface area contributed by atoms with Crippen LogP contribution in [0.15, 0.2) is 35.9 Å². The normalized spacial score (nSPS) is 29.2. The van der Waals surface area contributed by atoms with Crippen LogP contribution in [0, 0.1) is 11.8 Å². The Morgan fingerprint density at radius 1 is 1.16 bits per heavy atom. The lowest BCUT2D eigenvalue weighted by Crippen LogP contribution is -2.57. The number of nitrogens with one attached hydrogen (secondary N) is 1. The Hall–Kier alpha value is -2.38. The number of carbonyl (C=O) groups is 2. The van der Waals surface area contributed by atoms with Gasteiger partial charge in [-0.25, -0.2) is 0 Å². The van der Waals surface area contributed by atoms with E-state index in [2.05, 4.69) is 5.32 Å². The third-order valence-electron chi connectivity index (χ3n) is 7.13. The van der Waals surface area contributed by atoms with Crippen LogP contribution < -0.4 is 10.1 Å². The summed E-state index contributed by atoms with van der Waals surface area (Å²) in [5, 5.41) is 23.3. The summed E-state index contributed by atoms with van der Waals surface area (Å²) in [7, 11) is 0. The van der Waals surface area contributed by atoms with Crippen molar-refractivity contribution in [2.24, 2.45) is 11.8 Å². The molecule has 166 valence electrons. The van der Waals surface area contributed by atoms with Gasteiger partial charge in [0.15, 0.2) is 0 Å². The molecule has 2 amide bonds. The Morgan fingerprint density at radius 3 is 2.61 bits per heavy atom. The average Bonchev–Trinajstić information content (AvgIpc) is 3.47. The standard InChI is InChI=1S/C24H30N2O5/c27-11-10-25-23(29)17-12-18(26(13-14-8-9-14)24(30)15-4-3-5-15)21(28)22-20(17)16-6-1-2-7-19(16)31-22/h1-2,6-7,12,14-15,18,20-22,27-28H,3-5,8-11,13H2,(H,25,29)/t18-,20+,21+,22+/m1/s1. The monoisotopic (exact) mass is 426 g/mol. The van der Waals surface area contributed by atoms with E-state index in [4.69, 9.17) is 9.84 Å². The molecule has 1 heterocycles. The van der Waals surface area contributed by atoms with Crippen molar-refractivity contribution in [3.63, 3.8) is 0 Å². The molecule has 7 nitrogen and oxygen atoms in total. The van der Waals surface area contributed by atoms with Gasteiger partial charge < -0.3 is 25.2 Å². The van der Waals surface area contributed by atoms with Crippen LogP contribution in [-0.2, 0) is 9.59 Å². The Balaban J connectivity index is 1.51. The first-order valence-corrected chi connectivity index (χ1v) is 11.4. The summed E-state index contributed by atoms with van der Waals surface area (Å²) < 4.78 is 6.13. The molecule has 0 radical (unpaired) electrons. The highest BCUT2D eigenvalue weighted by atomic mass is 16.5. The summed E-state index contributed by atoms with van der Waals surface area (Å²) in [6.07, 6.45) is 5.28. The van der Waals surface area contributed by atoms with Crippen LogP contribution in [0.1, 0.15) is 43.6 Å². The largest absolute Gasteiger partial charge is 0.486 e. The molecule has 3 N–H and O–H groups in total. The van der Waals surface area contributed by atoms with Crippen molar-refractivity contribution in [2.75, 3.05) is 19.7 Å². The topological polar surface area (TPSA) is 99.1 Å². The number of aliphatic hydroxyl groups excluding tert-OH is 2. The summed E-state index contributed by atoms with van der Waals surface area (Å²) in [4.78, 5) is 28.2. The first-order valence-electron chi connectivity index (χ1n) is 11.4. The summed E-state index contributed by atoms with van der Waals surface area (Å²) in [5.41, 5.74) is 1.37. The Kier molecular flexibility index (Phi) is 5.48. The molecule has 0 saturated heterocycles. The quantitative estimate of drug-likeness (QED) is 0.611. The van der Waals surface area contributed by atoms with Crippen molar-refractivity contribution >= 4 is 11.8 Å². The molecule has 1 aliphatic heterocycles. The van der Waals surface area contributed by atoms with Crippen molar-refractivity contribution in [1.82, 2.24) is 10.2 Å². The number of aliphatic hydroxyl groups is 2. The number of hydrogen-bond donors (Lipinski definition) is 3. The predicted octanol–water partition coefficient (Wildman–Crippen LogP) is 1.35. The maximum absolute atomic E-state index is 13.3. The van der Waals surface area contributed by atoms with Crippen LogP contribution in [0.25, 0.3) is 0 Å². The third-order valence-corrected chi connectivity index (χ3v) is 7.13. The van der Waals surface area contributed by atoms with Gasteiger partial charge in [-0.05, 0) is 43.7 Å². The van der Waals surface area contributed by atoms with Crippen molar-refractivity contribution in [3.8, 4) is 5.75 Å². The molecule has 2 fully saturated rings. The molecular weight excluding hydrogens is 396 g/mol. The second kappa shape index (κ2) is 8.28. The molecule has 5 rings (SSSR count). The molecule has 0 spiro atoms. The van der Waals surface area contributed by atoms with Gasteiger partial charge >= 0.3 is 0 Å². The maximum Gasteiger partial charge on any atom is 0.247 e. The van der Waals surface area contributed by atoms with E-state index in [1.165, 1.54) is 0 Å². The van der Waals surface area contributed by atoms with Crippen molar-refractivity contribution in [1.29, 1.82) is 0 Å². The SMILES string of the molecule is O=C(NCCO)C1=C[C@@H](N(CC2CC2)C(=O)C2CCC2)[C@H](O)[C@H]2Oc3ccccc3[C@@H]12. The van der Waals surface area contributed by atoms with Gasteiger partial charge in [0.1, 0.15) is 18.0 Å². The minimum atomic E-state index is -0.922. The zero-order valence-corrected chi connectivity index (χ0v) is 17.6. The fourth-order valence-corrected chi connectivity index (χ4v) is 5.02. The fourth-order valence-electron chi connectivity index (χ4n) is 5.02. The molecule has 7 heteroatoms. The summed E-state index contributed by atoms with van der Waals surface area (Å²) in [5.74, 6) is 0.548. The highest BCUT2D eigenvalue weighted by Gasteiger charge is 2.51. The molecule has 4 aliphatic rings. The number of para-hydroxylation sites is 1. The lowest BCUT2D eigenvalue weighted by Gasteiger charge is -2.43. The number of nitrogens with zero attached hydrogens (tertiary/aromatic N) is 1. The number of fused-ring (bicyclic) bond motifs is 3. The van der Waals surface area contributed by atoms with Gasteiger partial charge in [-0.3, -0.25) is 9.59 Å². The number of ether oxygens (including phenoxy) is 1. The highest BCUT2D eigenvalue weighted by Crippen LogP contribution is 2.47. The maximum atomic E-state index is 13.3. The van der Waals surface area contributed by atoms with E-state index in [1.54, 1.807) is 6.08 Å². The summed E-state index contributed by atoms with van der Waals surface area (Å²) in [6.45, 7) is 0.611. The lowest BCUT2D eigenvalue weighted by molar-refractivity contribution is -0.144. The number of benzene rings is 1. The first-order chi connectivity index (χ1) is 15.1. The highest BCUT2D eigenvalue weighted by molar-refractivity contribution is 5.96. The molecular formula is C24H30N2O5. The van der Waals surface area contributed by atoms with E-state index < -0.39 is 24.2 Å². The number of rotatable bonds is 7. The van der Waals surface area contributed by atoms with Crippen molar-refractivity contribution in [3.05, 3.63) is 41.5 Å². The van der Waals surface area contributed by atoms with E-state index in [9.17, 15) is 14.7 Å². The molecule has 31 heavy (non-hydrogen) atoms. The van der Waals surface area contributed by atoms with Crippen molar-refractivity contribution in [2.45, 2.75) is 56.3 Å². The number of amides is 2. The van der Waals surface area contributed by atoms with Crippen LogP contribution in [-0.4, -0.2) is 64.9 Å². The van der Waals surface area contributed by atoms with E-state index in [-0.39, 0.29) is 30.9 Å². The minimum Gasteiger partial charge on any atom is -0.486 e. The van der Waals surface area contributed by atoms with Gasteiger partial charge in [-0.2, -0.15) is 0 Å². The molecule has 0 unspecified atom stereocenters. The molecule has 3 aliphatic carbocycles. The molecule has 1 aromatic rings. The Morgan fingerprint density at radius 2 is 1.94 bits per heavy atom. The zero-order chi connectivity index (χ0) is 21.5. The second-order valence-corrected chi connectivity index (χ2v) is 9.24. The second-order valence-electron chi connectivity index (χ2n) is 9.24. The molecule has 4 atom stereocenters. The summed E-state index contributed by atoms with van der Waals surface area (Å²) >= 11 is 0. The van der Waals surface area contributed by atoms with Gasteiger partial charge in [-0.15, -0.1) is 0 Å². The van der Waals surface area contributed by atoms with Crippen LogP contribution >= 0.6 is 0 Å². The first kappa shape index (κ1) is 20.5. The van der Waals surface area contributed by atoms with Crippen LogP contribution in [0.2, 0.25) is 0 Å². The Bertz CT molecular complexity index is 892. The Labute approximate surface area is 182 Å². The average molecular weight is 427 g/mol. The zero-order valence-electron chi connectivity index (χ0n) is 17.6. The van der Waals surface area contributed by atoms with E-state index >= 15 is 0 Å².